The van der Waals surface area contributed by atoms with Gasteiger partial charge in [-0.25, -0.2) is 17.5 Å². The SMILES string of the molecule is O=C(/C=C/c1cccc(F)c1)Nc1ccc(S(=O)(=O)Nc2nc[nH]n2)cc1. The lowest BCUT2D eigenvalue weighted by molar-refractivity contribution is -0.111. The van der Waals surface area contributed by atoms with E-state index in [1.54, 1.807) is 12.1 Å². The summed E-state index contributed by atoms with van der Waals surface area (Å²) in [6.45, 7) is 0. The van der Waals surface area contributed by atoms with Gasteiger partial charge in [-0.1, -0.05) is 12.1 Å². The molecule has 0 aliphatic rings. The van der Waals surface area contributed by atoms with Crippen molar-refractivity contribution >= 4 is 33.6 Å². The Morgan fingerprint density at radius 1 is 1.15 bits per heavy atom. The predicted octanol–water partition coefficient (Wildman–Crippen LogP) is 2.40. The number of amides is 1. The molecule has 3 rings (SSSR count). The largest absolute Gasteiger partial charge is 0.323 e. The minimum atomic E-state index is -3.84. The van der Waals surface area contributed by atoms with E-state index >= 15 is 0 Å². The highest BCUT2D eigenvalue weighted by atomic mass is 32.2. The Bertz CT molecular complexity index is 1060. The van der Waals surface area contributed by atoms with Crippen molar-refractivity contribution in [3.8, 4) is 0 Å². The first-order valence-electron chi connectivity index (χ1n) is 7.66. The Labute approximate surface area is 154 Å². The van der Waals surface area contributed by atoms with Crippen LogP contribution in [-0.4, -0.2) is 29.5 Å². The van der Waals surface area contributed by atoms with Gasteiger partial charge in [0.15, 0.2) is 0 Å². The molecule has 10 heteroatoms. The van der Waals surface area contributed by atoms with Gasteiger partial charge in [-0.3, -0.25) is 9.89 Å². The van der Waals surface area contributed by atoms with Crippen LogP contribution in [0.3, 0.4) is 0 Å². The van der Waals surface area contributed by atoms with Crippen molar-refractivity contribution < 1.29 is 17.6 Å². The van der Waals surface area contributed by atoms with E-state index in [-0.39, 0.29) is 10.8 Å². The molecule has 0 saturated carbocycles. The van der Waals surface area contributed by atoms with Crippen LogP contribution >= 0.6 is 0 Å². The molecular weight excluding hydrogens is 373 g/mol. The number of aromatic nitrogens is 3. The number of halogens is 1. The molecule has 27 heavy (non-hydrogen) atoms. The molecule has 1 aromatic heterocycles. The molecule has 1 heterocycles. The van der Waals surface area contributed by atoms with E-state index in [1.807, 2.05) is 0 Å². The smallest absolute Gasteiger partial charge is 0.264 e. The molecule has 0 saturated heterocycles. The van der Waals surface area contributed by atoms with Crippen LogP contribution < -0.4 is 10.0 Å². The number of nitrogens with one attached hydrogen (secondary N) is 3. The average molecular weight is 387 g/mol. The van der Waals surface area contributed by atoms with Crippen LogP contribution in [0, 0.1) is 5.82 Å². The van der Waals surface area contributed by atoms with Crippen molar-refractivity contribution in [1.29, 1.82) is 0 Å². The van der Waals surface area contributed by atoms with Gasteiger partial charge in [0.2, 0.25) is 5.91 Å². The zero-order chi connectivity index (χ0) is 19.3. The molecule has 3 aromatic rings. The number of aromatic amines is 1. The first kappa shape index (κ1) is 18.3. The Morgan fingerprint density at radius 2 is 1.93 bits per heavy atom. The first-order chi connectivity index (χ1) is 12.9. The van der Waals surface area contributed by atoms with E-state index in [0.717, 1.165) is 0 Å². The van der Waals surface area contributed by atoms with Crippen molar-refractivity contribution in [1.82, 2.24) is 15.2 Å². The molecule has 0 spiro atoms. The van der Waals surface area contributed by atoms with E-state index in [1.165, 1.54) is 54.9 Å². The highest BCUT2D eigenvalue weighted by Crippen LogP contribution is 2.16. The number of carbonyl (C=O) groups is 1. The molecular formula is C17H14FN5O3S. The van der Waals surface area contributed by atoms with Gasteiger partial charge in [0.05, 0.1) is 4.90 Å². The Hall–Kier alpha value is -3.53. The van der Waals surface area contributed by atoms with Gasteiger partial charge in [-0.15, -0.1) is 5.10 Å². The average Bonchev–Trinajstić information content (AvgIpc) is 3.13. The summed E-state index contributed by atoms with van der Waals surface area (Å²) in [5, 5.41) is 8.61. The molecule has 2 aromatic carbocycles. The molecule has 0 aliphatic carbocycles. The predicted molar refractivity (Wildman–Crippen MR) is 97.7 cm³/mol. The van der Waals surface area contributed by atoms with E-state index < -0.39 is 21.7 Å². The third-order valence-corrected chi connectivity index (χ3v) is 4.69. The number of sulfonamides is 1. The van der Waals surface area contributed by atoms with E-state index in [2.05, 4.69) is 25.2 Å². The van der Waals surface area contributed by atoms with Crippen LogP contribution in [0.15, 0.2) is 65.8 Å². The summed E-state index contributed by atoms with van der Waals surface area (Å²) in [4.78, 5) is 15.6. The molecule has 0 unspecified atom stereocenters. The number of benzene rings is 2. The zero-order valence-electron chi connectivity index (χ0n) is 13.8. The maximum Gasteiger partial charge on any atom is 0.264 e. The zero-order valence-corrected chi connectivity index (χ0v) is 14.6. The molecule has 0 radical (unpaired) electrons. The van der Waals surface area contributed by atoms with E-state index in [0.29, 0.717) is 11.3 Å². The Morgan fingerprint density at radius 3 is 2.59 bits per heavy atom. The van der Waals surface area contributed by atoms with Crippen LogP contribution in [0.25, 0.3) is 6.08 Å². The summed E-state index contributed by atoms with van der Waals surface area (Å²) in [5.41, 5.74) is 0.949. The maximum atomic E-state index is 13.1. The molecule has 0 aliphatic heterocycles. The normalized spacial score (nSPS) is 11.4. The van der Waals surface area contributed by atoms with Crippen LogP contribution in [0.2, 0.25) is 0 Å². The van der Waals surface area contributed by atoms with Gasteiger partial charge < -0.3 is 5.32 Å². The number of carbonyl (C=O) groups excluding carboxylic acids is 1. The molecule has 1 amide bonds. The number of rotatable bonds is 6. The van der Waals surface area contributed by atoms with Crippen LogP contribution in [0.5, 0.6) is 0 Å². The summed E-state index contributed by atoms with van der Waals surface area (Å²) in [6.07, 6.45) is 3.97. The number of hydrogen-bond acceptors (Lipinski definition) is 5. The van der Waals surface area contributed by atoms with Crippen molar-refractivity contribution in [2.24, 2.45) is 0 Å². The molecule has 0 bridgehead atoms. The summed E-state index contributed by atoms with van der Waals surface area (Å²) in [7, 11) is -3.84. The highest BCUT2D eigenvalue weighted by molar-refractivity contribution is 7.92. The van der Waals surface area contributed by atoms with Crippen molar-refractivity contribution in [2.45, 2.75) is 4.90 Å². The number of anilines is 2. The molecule has 8 nitrogen and oxygen atoms in total. The standard InChI is InChI=1S/C17H14FN5O3S/c18-13-3-1-2-12(10-13)4-9-16(24)21-14-5-7-15(8-6-14)27(25,26)23-17-19-11-20-22-17/h1-11H,(H,21,24)(H2,19,20,22,23)/b9-4+. The third kappa shape index (κ3) is 4.98. The quantitative estimate of drug-likeness (QED) is 0.562. The van der Waals surface area contributed by atoms with Crippen LogP contribution in [0.4, 0.5) is 16.0 Å². The van der Waals surface area contributed by atoms with Crippen LogP contribution in [0.1, 0.15) is 5.56 Å². The van der Waals surface area contributed by atoms with Crippen molar-refractivity contribution in [3.05, 3.63) is 72.3 Å². The third-order valence-electron chi connectivity index (χ3n) is 3.35. The fraction of sp³-hybridized carbons (Fsp3) is 0. The number of hydrogen-bond donors (Lipinski definition) is 3. The van der Waals surface area contributed by atoms with Crippen molar-refractivity contribution in [2.75, 3.05) is 10.0 Å². The second kappa shape index (κ2) is 7.79. The summed E-state index contributed by atoms with van der Waals surface area (Å²) < 4.78 is 39.7. The maximum absolute atomic E-state index is 13.1. The molecule has 0 atom stereocenters. The van der Waals surface area contributed by atoms with Gasteiger partial charge in [0.1, 0.15) is 12.1 Å². The number of H-pyrrole nitrogens is 1. The van der Waals surface area contributed by atoms with Gasteiger partial charge in [0.25, 0.3) is 16.0 Å². The fourth-order valence-corrected chi connectivity index (χ4v) is 3.07. The lowest BCUT2D eigenvalue weighted by Crippen LogP contribution is -2.14. The van der Waals surface area contributed by atoms with Gasteiger partial charge in [0, 0.05) is 11.8 Å². The number of nitrogens with zero attached hydrogens (tertiary/aromatic N) is 2. The molecule has 0 fully saturated rings. The van der Waals surface area contributed by atoms with Gasteiger partial charge in [-0.05, 0) is 48.0 Å². The lowest BCUT2D eigenvalue weighted by Gasteiger charge is -2.06. The topological polar surface area (TPSA) is 117 Å². The van der Waals surface area contributed by atoms with Gasteiger partial charge in [-0.2, -0.15) is 4.98 Å². The fourth-order valence-electron chi connectivity index (χ4n) is 2.12. The highest BCUT2D eigenvalue weighted by Gasteiger charge is 2.15. The molecule has 138 valence electrons. The van der Waals surface area contributed by atoms with E-state index in [9.17, 15) is 17.6 Å². The lowest BCUT2D eigenvalue weighted by atomic mass is 10.2. The molecule has 3 N–H and O–H groups in total. The monoisotopic (exact) mass is 387 g/mol. The summed E-state index contributed by atoms with van der Waals surface area (Å²) in [5.74, 6) is -0.906. The minimum Gasteiger partial charge on any atom is -0.323 e. The summed E-state index contributed by atoms with van der Waals surface area (Å²) >= 11 is 0. The summed E-state index contributed by atoms with van der Waals surface area (Å²) in [6, 6.07) is 11.4. The Kier molecular flexibility index (Phi) is 5.27. The van der Waals surface area contributed by atoms with E-state index in [4.69, 9.17) is 0 Å². The Balaban J connectivity index is 1.64. The first-order valence-corrected chi connectivity index (χ1v) is 9.14. The second-order valence-corrected chi connectivity index (χ2v) is 7.01. The van der Waals surface area contributed by atoms with Crippen molar-refractivity contribution in [3.63, 3.8) is 0 Å². The van der Waals surface area contributed by atoms with Crippen LogP contribution in [-0.2, 0) is 14.8 Å². The van der Waals surface area contributed by atoms with Gasteiger partial charge >= 0.3 is 0 Å². The minimum absolute atomic E-state index is 0.0133. The second-order valence-electron chi connectivity index (χ2n) is 5.33.